The summed E-state index contributed by atoms with van der Waals surface area (Å²) in [7, 11) is 0. The Kier molecular flexibility index (Phi) is 3.48. The fourth-order valence-corrected chi connectivity index (χ4v) is 1.70. The van der Waals surface area contributed by atoms with Crippen molar-refractivity contribution in [3.8, 4) is 5.75 Å². The zero-order valence-corrected chi connectivity index (χ0v) is 9.22. The van der Waals surface area contributed by atoms with E-state index in [9.17, 15) is 4.79 Å². The number of carbonyl (C=O) groups excluding carboxylic acids is 1. The second kappa shape index (κ2) is 4.42. The standard InChI is InChI=1S/C10H11BrO2/c1-3-13-10-5-8(11)4-7(2)9(10)6-12/h4-6H,3H2,1-2H3. The van der Waals surface area contributed by atoms with Crippen LogP contribution in [-0.2, 0) is 0 Å². The highest BCUT2D eigenvalue weighted by atomic mass is 79.9. The number of halogens is 1. The van der Waals surface area contributed by atoms with E-state index in [1.807, 2.05) is 19.9 Å². The zero-order chi connectivity index (χ0) is 9.84. The van der Waals surface area contributed by atoms with E-state index < -0.39 is 0 Å². The average molecular weight is 243 g/mol. The number of hydrogen-bond donors (Lipinski definition) is 0. The molecular formula is C10H11BrO2. The van der Waals surface area contributed by atoms with E-state index in [1.54, 1.807) is 6.07 Å². The van der Waals surface area contributed by atoms with Gasteiger partial charge in [-0.15, -0.1) is 0 Å². The molecule has 1 aromatic carbocycles. The molecule has 1 rings (SSSR count). The largest absolute Gasteiger partial charge is 0.493 e. The number of benzene rings is 1. The Morgan fingerprint density at radius 2 is 2.23 bits per heavy atom. The summed E-state index contributed by atoms with van der Waals surface area (Å²) in [6.07, 6.45) is 0.826. The third-order valence-electron chi connectivity index (χ3n) is 1.73. The van der Waals surface area contributed by atoms with Gasteiger partial charge in [0.05, 0.1) is 12.2 Å². The fraction of sp³-hybridized carbons (Fsp3) is 0.300. The summed E-state index contributed by atoms with van der Waals surface area (Å²) in [6, 6.07) is 3.70. The van der Waals surface area contributed by atoms with Crippen molar-refractivity contribution < 1.29 is 9.53 Å². The number of hydrogen-bond acceptors (Lipinski definition) is 2. The van der Waals surface area contributed by atoms with E-state index in [4.69, 9.17) is 4.74 Å². The molecule has 0 amide bonds. The maximum atomic E-state index is 10.7. The molecule has 0 aromatic heterocycles. The lowest BCUT2D eigenvalue weighted by molar-refractivity contribution is 0.111. The van der Waals surface area contributed by atoms with Crippen LogP contribution in [0.25, 0.3) is 0 Å². The van der Waals surface area contributed by atoms with E-state index in [-0.39, 0.29) is 0 Å². The first-order valence-electron chi connectivity index (χ1n) is 4.07. The molecule has 1 aromatic rings. The molecule has 0 fully saturated rings. The molecular weight excluding hydrogens is 232 g/mol. The maximum Gasteiger partial charge on any atom is 0.154 e. The van der Waals surface area contributed by atoms with E-state index in [0.717, 1.165) is 16.3 Å². The molecule has 0 radical (unpaired) electrons. The van der Waals surface area contributed by atoms with E-state index in [2.05, 4.69) is 15.9 Å². The van der Waals surface area contributed by atoms with Gasteiger partial charge in [-0.3, -0.25) is 4.79 Å². The van der Waals surface area contributed by atoms with Crippen LogP contribution < -0.4 is 4.74 Å². The van der Waals surface area contributed by atoms with Gasteiger partial charge >= 0.3 is 0 Å². The lowest BCUT2D eigenvalue weighted by atomic mass is 10.1. The fourth-order valence-electron chi connectivity index (χ4n) is 1.15. The Morgan fingerprint density at radius 1 is 1.54 bits per heavy atom. The number of ether oxygens (including phenoxy) is 1. The summed E-state index contributed by atoms with van der Waals surface area (Å²) >= 11 is 3.35. The number of aldehydes is 1. The molecule has 0 unspecified atom stereocenters. The van der Waals surface area contributed by atoms with Crippen molar-refractivity contribution in [2.24, 2.45) is 0 Å². The van der Waals surface area contributed by atoms with Crippen LogP contribution in [0.15, 0.2) is 16.6 Å². The van der Waals surface area contributed by atoms with Gasteiger partial charge < -0.3 is 4.74 Å². The van der Waals surface area contributed by atoms with Gasteiger partial charge in [-0.05, 0) is 31.5 Å². The quantitative estimate of drug-likeness (QED) is 0.763. The first-order chi connectivity index (χ1) is 6.19. The normalized spacial score (nSPS) is 9.77. The predicted molar refractivity (Wildman–Crippen MR) is 55.4 cm³/mol. The molecule has 0 N–H and O–H groups in total. The summed E-state index contributed by atoms with van der Waals surface area (Å²) in [5.74, 6) is 0.643. The van der Waals surface area contributed by atoms with Gasteiger partial charge in [0.2, 0.25) is 0 Å². The van der Waals surface area contributed by atoms with Crippen molar-refractivity contribution in [3.63, 3.8) is 0 Å². The van der Waals surface area contributed by atoms with E-state index >= 15 is 0 Å². The molecule has 0 saturated carbocycles. The van der Waals surface area contributed by atoms with Gasteiger partial charge in [0.25, 0.3) is 0 Å². The van der Waals surface area contributed by atoms with Gasteiger partial charge in [-0.2, -0.15) is 0 Å². The third kappa shape index (κ3) is 2.31. The molecule has 3 heteroatoms. The van der Waals surface area contributed by atoms with Crippen LogP contribution in [0.2, 0.25) is 0 Å². The molecule has 13 heavy (non-hydrogen) atoms. The highest BCUT2D eigenvalue weighted by Crippen LogP contribution is 2.25. The van der Waals surface area contributed by atoms with Gasteiger partial charge in [0.1, 0.15) is 5.75 Å². The van der Waals surface area contributed by atoms with Crippen LogP contribution in [0.5, 0.6) is 5.75 Å². The van der Waals surface area contributed by atoms with Gasteiger partial charge in [-0.1, -0.05) is 15.9 Å². The summed E-state index contributed by atoms with van der Waals surface area (Å²) in [4.78, 5) is 10.7. The lowest BCUT2D eigenvalue weighted by Gasteiger charge is -2.08. The van der Waals surface area contributed by atoms with Gasteiger partial charge in [0.15, 0.2) is 6.29 Å². The Labute approximate surface area is 86.0 Å². The highest BCUT2D eigenvalue weighted by Gasteiger charge is 2.06. The van der Waals surface area contributed by atoms with Crippen LogP contribution >= 0.6 is 15.9 Å². The van der Waals surface area contributed by atoms with Crippen molar-refractivity contribution >= 4 is 22.2 Å². The highest BCUT2D eigenvalue weighted by molar-refractivity contribution is 9.10. The van der Waals surface area contributed by atoms with Crippen LogP contribution in [0, 0.1) is 6.92 Å². The lowest BCUT2D eigenvalue weighted by Crippen LogP contribution is -1.98. The Balaban J connectivity index is 3.20. The second-order valence-electron chi connectivity index (χ2n) is 2.69. The molecule has 0 bridgehead atoms. The molecule has 0 heterocycles. The van der Waals surface area contributed by atoms with Crippen molar-refractivity contribution in [1.82, 2.24) is 0 Å². The molecule has 0 saturated heterocycles. The Morgan fingerprint density at radius 3 is 2.77 bits per heavy atom. The number of carbonyl (C=O) groups is 1. The van der Waals surface area contributed by atoms with Crippen LogP contribution in [0.4, 0.5) is 0 Å². The smallest absolute Gasteiger partial charge is 0.154 e. The van der Waals surface area contributed by atoms with E-state index in [1.165, 1.54) is 0 Å². The van der Waals surface area contributed by atoms with Crippen molar-refractivity contribution in [2.45, 2.75) is 13.8 Å². The number of rotatable bonds is 3. The minimum absolute atomic E-state index is 0.566. The van der Waals surface area contributed by atoms with Crippen molar-refractivity contribution in [3.05, 3.63) is 27.7 Å². The summed E-state index contributed by atoms with van der Waals surface area (Å²) in [5, 5.41) is 0. The molecule has 0 aliphatic heterocycles. The summed E-state index contributed by atoms with van der Waals surface area (Å²) in [5.41, 5.74) is 1.55. The predicted octanol–water partition coefficient (Wildman–Crippen LogP) is 2.97. The number of aryl methyl sites for hydroxylation is 1. The maximum absolute atomic E-state index is 10.7. The first-order valence-corrected chi connectivity index (χ1v) is 4.86. The van der Waals surface area contributed by atoms with Crippen LogP contribution in [-0.4, -0.2) is 12.9 Å². The molecule has 0 aliphatic rings. The SMILES string of the molecule is CCOc1cc(Br)cc(C)c1C=O. The monoisotopic (exact) mass is 242 g/mol. The Hall–Kier alpha value is -0.830. The first kappa shape index (κ1) is 10.3. The third-order valence-corrected chi connectivity index (χ3v) is 2.19. The van der Waals surface area contributed by atoms with Crippen LogP contribution in [0.3, 0.4) is 0 Å². The van der Waals surface area contributed by atoms with Crippen molar-refractivity contribution in [2.75, 3.05) is 6.61 Å². The topological polar surface area (TPSA) is 26.3 Å². The van der Waals surface area contributed by atoms with Crippen LogP contribution in [0.1, 0.15) is 22.8 Å². The molecule has 0 spiro atoms. The second-order valence-corrected chi connectivity index (χ2v) is 3.60. The average Bonchev–Trinajstić information content (AvgIpc) is 2.04. The molecule has 0 aliphatic carbocycles. The zero-order valence-electron chi connectivity index (χ0n) is 7.63. The van der Waals surface area contributed by atoms with Gasteiger partial charge in [0, 0.05) is 4.47 Å². The Bertz CT molecular complexity index is 321. The molecule has 70 valence electrons. The van der Waals surface area contributed by atoms with Gasteiger partial charge in [-0.25, -0.2) is 0 Å². The minimum atomic E-state index is 0.566. The van der Waals surface area contributed by atoms with Crippen molar-refractivity contribution in [1.29, 1.82) is 0 Å². The molecule has 0 atom stereocenters. The van der Waals surface area contributed by atoms with E-state index in [0.29, 0.717) is 17.9 Å². The minimum Gasteiger partial charge on any atom is -0.493 e. The summed E-state index contributed by atoms with van der Waals surface area (Å²) < 4.78 is 6.26. The summed E-state index contributed by atoms with van der Waals surface area (Å²) in [6.45, 7) is 4.35. The molecule has 2 nitrogen and oxygen atoms in total.